The summed E-state index contributed by atoms with van der Waals surface area (Å²) in [5.41, 5.74) is 1.45. The Bertz CT molecular complexity index is 622. The minimum atomic E-state index is -0.302. The molecule has 0 aromatic heterocycles. The molecule has 0 atom stereocenters. The van der Waals surface area contributed by atoms with Crippen molar-refractivity contribution in [2.45, 2.75) is 12.8 Å². The molecule has 0 radical (unpaired) electrons. The lowest BCUT2D eigenvalue weighted by atomic mass is 10.1. The van der Waals surface area contributed by atoms with E-state index in [1.807, 2.05) is 12.2 Å². The molecule has 0 amide bonds. The topological polar surface area (TPSA) is 52.6 Å². The number of carbonyl (C=O) groups excluding carboxylic acids is 2. The van der Waals surface area contributed by atoms with Crippen LogP contribution in [-0.2, 0) is 19.1 Å². The third-order valence-corrected chi connectivity index (χ3v) is 4.84. The number of carbonyl (C=O) groups is 2. The summed E-state index contributed by atoms with van der Waals surface area (Å²) in [7, 11) is 8.53. The van der Waals surface area contributed by atoms with Gasteiger partial charge in [-0.2, -0.15) is 0 Å². The maximum Gasteiger partial charge on any atom is 0.335 e. The molecule has 0 N–H and O–H groups in total. The van der Waals surface area contributed by atoms with Crippen LogP contribution in [0.3, 0.4) is 0 Å². The zero-order valence-corrected chi connectivity index (χ0v) is 16.3. The lowest BCUT2D eigenvalue weighted by Crippen LogP contribution is -2.43. The standard InChI is InChI=1S/C20H30N2O4/c1-21(2)11-7-17(8-12-21)19(23)25-15-5-6-16-26-20(24)18-9-13-22(3,4)14-10-18/h7,9H,8,10-16H2,1-4H3/q+2. The Kier molecular flexibility index (Phi) is 6.63. The molecule has 0 aliphatic carbocycles. The van der Waals surface area contributed by atoms with Gasteiger partial charge >= 0.3 is 11.9 Å². The fraction of sp³-hybridized carbons (Fsp3) is 0.600. The highest BCUT2D eigenvalue weighted by atomic mass is 16.5. The van der Waals surface area contributed by atoms with Crippen LogP contribution >= 0.6 is 0 Å². The van der Waals surface area contributed by atoms with Crippen molar-refractivity contribution in [1.82, 2.24) is 0 Å². The van der Waals surface area contributed by atoms with Crippen molar-refractivity contribution >= 4 is 11.9 Å². The first-order chi connectivity index (χ1) is 12.2. The molecule has 26 heavy (non-hydrogen) atoms. The highest BCUT2D eigenvalue weighted by Gasteiger charge is 2.24. The van der Waals surface area contributed by atoms with Crippen LogP contribution in [0.4, 0.5) is 0 Å². The number of rotatable bonds is 4. The lowest BCUT2D eigenvalue weighted by Gasteiger charge is -2.32. The predicted molar refractivity (Wildman–Crippen MR) is 98.8 cm³/mol. The molecule has 2 rings (SSSR count). The van der Waals surface area contributed by atoms with Gasteiger partial charge in [0.2, 0.25) is 0 Å². The van der Waals surface area contributed by atoms with Crippen LogP contribution in [-0.4, -0.2) is 88.5 Å². The van der Waals surface area contributed by atoms with Crippen LogP contribution in [0.1, 0.15) is 12.8 Å². The Morgan fingerprint density at radius 3 is 1.54 bits per heavy atom. The minimum absolute atomic E-state index is 0.0142. The van der Waals surface area contributed by atoms with Gasteiger partial charge in [0.15, 0.2) is 13.2 Å². The van der Waals surface area contributed by atoms with E-state index in [1.165, 1.54) is 0 Å². The van der Waals surface area contributed by atoms with E-state index in [4.69, 9.17) is 9.47 Å². The van der Waals surface area contributed by atoms with E-state index in [9.17, 15) is 9.59 Å². The van der Waals surface area contributed by atoms with Gasteiger partial charge in [-0.15, -0.1) is 0 Å². The van der Waals surface area contributed by atoms with Crippen molar-refractivity contribution in [2.24, 2.45) is 0 Å². The average Bonchev–Trinajstić information content (AvgIpc) is 2.57. The van der Waals surface area contributed by atoms with Gasteiger partial charge in [0.1, 0.15) is 0 Å². The Hall–Kier alpha value is -2.10. The summed E-state index contributed by atoms with van der Waals surface area (Å²) in [5, 5.41) is 0. The smallest absolute Gasteiger partial charge is 0.335 e. The maximum atomic E-state index is 11.9. The van der Waals surface area contributed by atoms with E-state index in [2.05, 4.69) is 40.0 Å². The number of hydrogen-bond donors (Lipinski definition) is 0. The van der Waals surface area contributed by atoms with Gasteiger partial charge in [-0.25, -0.2) is 9.59 Å². The van der Waals surface area contributed by atoms with E-state index in [1.54, 1.807) is 0 Å². The highest BCUT2D eigenvalue weighted by Crippen LogP contribution is 2.16. The number of likely N-dealkylation sites (N-methyl/N-ethyl adjacent to an activating group) is 2. The van der Waals surface area contributed by atoms with Gasteiger partial charge < -0.3 is 18.4 Å². The summed E-state index contributed by atoms with van der Waals surface area (Å²) in [6.07, 6.45) is 5.33. The van der Waals surface area contributed by atoms with E-state index in [0.29, 0.717) is 0 Å². The Morgan fingerprint density at radius 2 is 1.23 bits per heavy atom. The molecule has 0 fully saturated rings. The van der Waals surface area contributed by atoms with E-state index >= 15 is 0 Å². The molecule has 2 heterocycles. The summed E-state index contributed by atoms with van der Waals surface area (Å²) < 4.78 is 12.1. The molecular formula is C20H30N2O4+2. The molecular weight excluding hydrogens is 332 g/mol. The van der Waals surface area contributed by atoms with Crippen LogP contribution in [0.2, 0.25) is 0 Å². The van der Waals surface area contributed by atoms with Crippen molar-refractivity contribution in [1.29, 1.82) is 0 Å². The van der Waals surface area contributed by atoms with E-state index in [-0.39, 0.29) is 25.2 Å². The summed E-state index contributed by atoms with van der Waals surface area (Å²) >= 11 is 0. The number of quaternary nitrogens is 2. The van der Waals surface area contributed by atoms with Crippen LogP contribution < -0.4 is 0 Å². The SMILES string of the molecule is C[N+]1(C)CC=C(C(=O)OCC#CCOC(=O)C2=CC[N+](C)(C)CC2)CC1. The lowest BCUT2D eigenvalue weighted by molar-refractivity contribution is -0.885. The monoisotopic (exact) mass is 362 g/mol. The molecule has 0 aromatic carbocycles. The van der Waals surface area contributed by atoms with Gasteiger partial charge in [-0.05, 0) is 12.2 Å². The van der Waals surface area contributed by atoms with Gasteiger partial charge in [-0.3, -0.25) is 0 Å². The zero-order valence-electron chi connectivity index (χ0n) is 16.3. The first kappa shape index (κ1) is 20.2. The Balaban J connectivity index is 1.67. The van der Waals surface area contributed by atoms with Crippen LogP contribution in [0.5, 0.6) is 0 Å². The molecule has 0 spiro atoms. The first-order valence-corrected chi connectivity index (χ1v) is 9.01. The quantitative estimate of drug-likeness (QED) is 0.423. The minimum Gasteiger partial charge on any atom is -0.449 e. The average molecular weight is 362 g/mol. The van der Waals surface area contributed by atoms with Crippen molar-refractivity contribution in [2.75, 3.05) is 67.6 Å². The van der Waals surface area contributed by atoms with Gasteiger partial charge in [0.25, 0.3) is 0 Å². The number of ether oxygens (including phenoxy) is 2. The second-order valence-electron chi connectivity index (χ2n) is 8.15. The maximum absolute atomic E-state index is 11.9. The molecule has 0 saturated carbocycles. The van der Waals surface area contributed by atoms with Crippen LogP contribution in [0.15, 0.2) is 23.3 Å². The van der Waals surface area contributed by atoms with Gasteiger partial charge in [0.05, 0.1) is 54.4 Å². The molecule has 0 unspecified atom stereocenters. The van der Waals surface area contributed by atoms with Crippen LogP contribution in [0, 0.1) is 11.8 Å². The Labute approximate surface area is 156 Å². The summed E-state index contributed by atoms with van der Waals surface area (Å²) in [6.45, 7) is 3.54. The summed E-state index contributed by atoms with van der Waals surface area (Å²) in [4.78, 5) is 23.9. The number of hydrogen-bond acceptors (Lipinski definition) is 4. The molecule has 2 aliphatic heterocycles. The van der Waals surface area contributed by atoms with Crippen LogP contribution in [0.25, 0.3) is 0 Å². The third-order valence-electron chi connectivity index (χ3n) is 4.84. The molecule has 0 aromatic rings. The largest absolute Gasteiger partial charge is 0.449 e. The summed E-state index contributed by atoms with van der Waals surface area (Å²) in [5.74, 6) is 4.83. The fourth-order valence-corrected chi connectivity index (χ4v) is 2.81. The molecule has 6 nitrogen and oxygen atoms in total. The fourth-order valence-electron chi connectivity index (χ4n) is 2.81. The van der Waals surface area contributed by atoms with Gasteiger partial charge in [-0.1, -0.05) is 11.8 Å². The second-order valence-corrected chi connectivity index (χ2v) is 8.15. The Morgan fingerprint density at radius 1 is 0.846 bits per heavy atom. The molecule has 2 aliphatic rings. The molecule has 0 bridgehead atoms. The predicted octanol–water partition coefficient (Wildman–Crippen LogP) is 0.889. The normalized spacial score (nSPS) is 20.8. The zero-order chi connectivity index (χ0) is 19.2. The third kappa shape index (κ3) is 6.32. The van der Waals surface area contributed by atoms with E-state index in [0.717, 1.165) is 59.1 Å². The van der Waals surface area contributed by atoms with E-state index < -0.39 is 0 Å². The highest BCUT2D eigenvalue weighted by molar-refractivity contribution is 5.89. The molecule has 142 valence electrons. The van der Waals surface area contributed by atoms with Crippen molar-refractivity contribution in [3.05, 3.63) is 23.3 Å². The van der Waals surface area contributed by atoms with Crippen molar-refractivity contribution < 1.29 is 28.0 Å². The summed E-state index contributed by atoms with van der Waals surface area (Å²) in [6, 6.07) is 0. The van der Waals surface area contributed by atoms with Crippen molar-refractivity contribution in [3.8, 4) is 11.8 Å². The molecule has 0 saturated heterocycles. The number of nitrogens with zero attached hydrogens (tertiary/aromatic N) is 2. The van der Waals surface area contributed by atoms with Crippen molar-refractivity contribution in [3.63, 3.8) is 0 Å². The second kappa shape index (κ2) is 8.52. The van der Waals surface area contributed by atoms with Gasteiger partial charge in [0, 0.05) is 24.0 Å². The number of esters is 2. The first-order valence-electron chi connectivity index (χ1n) is 9.01. The molecule has 6 heteroatoms.